The minimum absolute atomic E-state index is 0.0881. The van der Waals surface area contributed by atoms with Gasteiger partial charge in [0, 0.05) is 13.0 Å². The molecule has 0 saturated carbocycles. The van der Waals surface area contributed by atoms with Crippen LogP contribution in [-0.2, 0) is 14.4 Å². The summed E-state index contributed by atoms with van der Waals surface area (Å²) in [4.78, 5) is 28.2. The fourth-order valence-corrected chi connectivity index (χ4v) is 2.00. The average molecular weight is 341 g/mol. The number of rotatable bonds is 8. The normalized spacial score (nSPS) is 11.4. The third kappa shape index (κ3) is 16.9. The Labute approximate surface area is 141 Å². The molecule has 0 bridgehead atoms. The monoisotopic (exact) mass is 340 g/mol. The topological polar surface area (TPSA) is 67.4 Å². The maximum absolute atomic E-state index is 11.5. The molecule has 2 amide bonds. The lowest BCUT2D eigenvalue weighted by Gasteiger charge is -2.18. The smallest absolute Gasteiger partial charge is 0.295 e. The van der Waals surface area contributed by atoms with E-state index in [1.54, 1.807) is 0 Å². The summed E-state index contributed by atoms with van der Waals surface area (Å²) in [7, 11) is -1.48. The number of hydrogen-bond acceptors (Lipinski definition) is 3. The Bertz CT molecular complexity index is 439. The molecule has 5 nitrogen and oxygen atoms in total. The van der Waals surface area contributed by atoms with Crippen molar-refractivity contribution in [3.8, 4) is 11.5 Å². The third-order valence-electron chi connectivity index (χ3n) is 2.64. The first-order valence-electron chi connectivity index (χ1n) is 8.27. The molecule has 0 heterocycles. The van der Waals surface area contributed by atoms with Crippen molar-refractivity contribution in [3.63, 3.8) is 0 Å². The van der Waals surface area contributed by atoms with E-state index in [4.69, 9.17) is 4.84 Å². The largest absolute Gasteiger partial charge is 0.345 e. The molecule has 0 unspecified atom stereocenters. The van der Waals surface area contributed by atoms with E-state index < -0.39 is 8.07 Å². The first-order valence-corrected chi connectivity index (χ1v) is 11.8. The molecule has 0 aliphatic heterocycles. The van der Waals surface area contributed by atoms with Gasteiger partial charge in [-0.15, -0.1) is 5.54 Å². The van der Waals surface area contributed by atoms with E-state index in [1.165, 1.54) is 0 Å². The van der Waals surface area contributed by atoms with Gasteiger partial charge in [-0.1, -0.05) is 32.5 Å². The predicted octanol–water partition coefficient (Wildman–Crippen LogP) is 2.78. The summed E-state index contributed by atoms with van der Waals surface area (Å²) < 4.78 is 0. The van der Waals surface area contributed by atoms with Crippen molar-refractivity contribution in [2.24, 2.45) is 0 Å². The molecule has 0 spiro atoms. The lowest BCUT2D eigenvalue weighted by atomic mass is 10.1. The van der Waals surface area contributed by atoms with Crippen molar-refractivity contribution in [1.82, 2.24) is 10.8 Å². The van der Waals surface area contributed by atoms with E-state index >= 15 is 0 Å². The Hall–Kier alpha value is -1.32. The van der Waals surface area contributed by atoms with E-state index in [0.717, 1.165) is 25.7 Å². The number of nitrogens with one attached hydrogen (secondary N) is 2. The Morgan fingerprint density at radius 2 is 1.65 bits per heavy atom. The number of unbranched alkanes of at least 4 members (excludes halogenated alkanes) is 3. The van der Waals surface area contributed by atoms with Crippen LogP contribution < -0.4 is 10.8 Å². The Balaban J connectivity index is 3.58. The van der Waals surface area contributed by atoms with E-state index in [2.05, 4.69) is 41.9 Å². The van der Waals surface area contributed by atoms with Crippen LogP contribution in [0.1, 0.15) is 52.9 Å². The summed E-state index contributed by atoms with van der Waals surface area (Å²) >= 11 is 0. The van der Waals surface area contributed by atoms with Crippen molar-refractivity contribution in [2.75, 3.05) is 6.54 Å². The molecule has 0 aromatic heterocycles. The summed E-state index contributed by atoms with van der Waals surface area (Å²) in [5.41, 5.74) is 5.13. The van der Waals surface area contributed by atoms with Crippen LogP contribution in [0.2, 0.25) is 19.6 Å². The maximum Gasteiger partial charge on any atom is 0.295 e. The van der Waals surface area contributed by atoms with E-state index in [0.29, 0.717) is 13.0 Å². The maximum atomic E-state index is 11.5. The van der Waals surface area contributed by atoms with Crippen molar-refractivity contribution >= 4 is 19.9 Å². The molecule has 6 heteroatoms. The number of carbonyl (C=O) groups excluding carboxylic acids is 2. The van der Waals surface area contributed by atoms with Gasteiger partial charge >= 0.3 is 0 Å². The van der Waals surface area contributed by atoms with E-state index in [9.17, 15) is 9.59 Å². The molecule has 23 heavy (non-hydrogen) atoms. The number of hydrogen-bond donors (Lipinski definition) is 2. The van der Waals surface area contributed by atoms with E-state index in [1.807, 2.05) is 20.8 Å². The van der Waals surface area contributed by atoms with Crippen LogP contribution in [0.25, 0.3) is 0 Å². The van der Waals surface area contributed by atoms with Gasteiger partial charge in [-0.2, -0.15) is 0 Å². The molecular weight excluding hydrogens is 308 g/mol. The molecule has 2 N–H and O–H groups in total. The van der Waals surface area contributed by atoms with Gasteiger partial charge in [0.1, 0.15) is 8.07 Å². The lowest BCUT2D eigenvalue weighted by Crippen LogP contribution is -2.33. The summed E-state index contributed by atoms with van der Waals surface area (Å²) in [5, 5.41) is 2.80. The van der Waals surface area contributed by atoms with Crippen molar-refractivity contribution in [2.45, 2.75) is 78.1 Å². The number of hydroxylamine groups is 1. The van der Waals surface area contributed by atoms with Crippen LogP contribution in [-0.4, -0.2) is 32.0 Å². The SMILES string of the molecule is CC(C)(C)ONC(=O)CCCCCCNC(=O)C#C[Si](C)(C)C. The molecule has 0 aromatic rings. The summed E-state index contributed by atoms with van der Waals surface area (Å²) in [6.45, 7) is 12.6. The standard InChI is InChI=1S/C17H32N2O3Si/c1-17(2,3)22-19-16(21)11-9-7-8-10-13-18-15(20)12-14-23(4,5)6/h7-11,13H2,1-6H3,(H,18,20)(H,19,21). The molecule has 132 valence electrons. The molecule has 0 radical (unpaired) electrons. The molecule has 0 fully saturated rings. The second kappa shape index (κ2) is 10.5. The van der Waals surface area contributed by atoms with Crippen LogP contribution in [0.5, 0.6) is 0 Å². The summed E-state index contributed by atoms with van der Waals surface area (Å²) in [6, 6.07) is 0. The Morgan fingerprint density at radius 1 is 1.04 bits per heavy atom. The van der Waals surface area contributed by atoms with Gasteiger partial charge in [-0.05, 0) is 39.5 Å². The highest BCUT2D eigenvalue weighted by Crippen LogP contribution is 2.06. The zero-order valence-corrected chi connectivity index (χ0v) is 16.5. The van der Waals surface area contributed by atoms with E-state index in [-0.39, 0.29) is 17.4 Å². The van der Waals surface area contributed by atoms with Gasteiger partial charge in [0.2, 0.25) is 5.91 Å². The third-order valence-corrected chi connectivity index (χ3v) is 3.51. The highest BCUT2D eigenvalue weighted by atomic mass is 28.3. The number of carbonyl (C=O) groups is 2. The van der Waals surface area contributed by atoms with Gasteiger partial charge < -0.3 is 5.32 Å². The highest BCUT2D eigenvalue weighted by molar-refractivity contribution is 6.84. The van der Waals surface area contributed by atoms with Gasteiger partial charge in [-0.25, -0.2) is 5.48 Å². The van der Waals surface area contributed by atoms with Gasteiger partial charge in [0.25, 0.3) is 5.91 Å². The van der Waals surface area contributed by atoms with Crippen LogP contribution in [0.15, 0.2) is 0 Å². The summed E-state index contributed by atoms with van der Waals surface area (Å²) in [5.74, 6) is 2.38. The van der Waals surface area contributed by atoms with Crippen molar-refractivity contribution < 1.29 is 14.4 Å². The Morgan fingerprint density at radius 3 is 2.22 bits per heavy atom. The Kier molecular flexibility index (Phi) is 9.85. The second-order valence-corrected chi connectivity index (χ2v) is 12.4. The minimum Gasteiger partial charge on any atom is -0.345 e. The zero-order valence-electron chi connectivity index (χ0n) is 15.5. The fraction of sp³-hybridized carbons (Fsp3) is 0.765. The fourth-order valence-electron chi connectivity index (χ4n) is 1.52. The second-order valence-electron chi connectivity index (χ2n) is 7.66. The first-order chi connectivity index (χ1) is 10.5. The molecule has 0 saturated heterocycles. The average Bonchev–Trinajstić information content (AvgIpc) is 2.40. The van der Waals surface area contributed by atoms with Crippen molar-refractivity contribution in [1.29, 1.82) is 0 Å². The summed E-state index contributed by atoms with van der Waals surface area (Å²) in [6.07, 6.45) is 4.13. The van der Waals surface area contributed by atoms with Gasteiger partial charge in [0.05, 0.1) is 5.60 Å². The first kappa shape index (κ1) is 21.7. The molecule has 0 aliphatic carbocycles. The van der Waals surface area contributed by atoms with Gasteiger partial charge in [-0.3, -0.25) is 14.4 Å². The lowest BCUT2D eigenvalue weighted by molar-refractivity contribution is -0.145. The van der Waals surface area contributed by atoms with Gasteiger partial charge in [0.15, 0.2) is 0 Å². The molecule has 0 aromatic carbocycles. The van der Waals surface area contributed by atoms with Crippen LogP contribution in [0, 0.1) is 11.5 Å². The predicted molar refractivity (Wildman–Crippen MR) is 96.2 cm³/mol. The van der Waals surface area contributed by atoms with Crippen LogP contribution >= 0.6 is 0 Å². The molecular formula is C17H32N2O3Si. The molecule has 0 aliphatic rings. The van der Waals surface area contributed by atoms with Crippen molar-refractivity contribution in [3.05, 3.63) is 0 Å². The van der Waals surface area contributed by atoms with Crippen LogP contribution in [0.3, 0.4) is 0 Å². The molecule has 0 atom stereocenters. The molecule has 0 rings (SSSR count). The zero-order chi connectivity index (χ0) is 17.9. The number of amides is 2. The minimum atomic E-state index is -1.48. The van der Waals surface area contributed by atoms with Crippen LogP contribution in [0.4, 0.5) is 0 Å². The highest BCUT2D eigenvalue weighted by Gasteiger charge is 2.12. The quantitative estimate of drug-likeness (QED) is 0.309.